The minimum absolute atomic E-state index is 0.0430. The van der Waals surface area contributed by atoms with Gasteiger partial charge < -0.3 is 16.0 Å². The third kappa shape index (κ3) is 5.50. The zero-order valence-electron chi connectivity index (χ0n) is 19.0. The molecule has 174 valence electrons. The first kappa shape index (κ1) is 22.8. The second-order valence-corrected chi connectivity index (χ2v) is 8.22. The highest BCUT2D eigenvalue weighted by molar-refractivity contribution is 5.92. The van der Waals surface area contributed by atoms with Crippen LogP contribution in [0.3, 0.4) is 0 Å². The number of nitrogens with zero attached hydrogens (tertiary/aromatic N) is 3. The van der Waals surface area contributed by atoms with E-state index < -0.39 is 0 Å². The number of hydrogen-bond donors (Lipinski definition) is 3. The standard InChI is InChI=1S/C25H26N6O3/c1-17(2)23(32)27-20-11-9-18(10-12-20)15-26-24(33)28-21-7-5-6-19(14-21)16-31-25(34)30-13-4-3-8-22(30)29-31/h3-14,17H,15-16H2,1-2H3,(H,27,32)(H2,26,28,33). The van der Waals surface area contributed by atoms with E-state index in [1.165, 1.54) is 9.08 Å². The fourth-order valence-electron chi connectivity index (χ4n) is 3.34. The van der Waals surface area contributed by atoms with Gasteiger partial charge in [0.05, 0.1) is 6.54 Å². The van der Waals surface area contributed by atoms with Crippen molar-refractivity contribution in [3.05, 3.63) is 94.5 Å². The van der Waals surface area contributed by atoms with Crippen molar-refractivity contribution in [1.82, 2.24) is 19.5 Å². The first-order chi connectivity index (χ1) is 16.4. The Balaban J connectivity index is 1.33. The molecular formula is C25H26N6O3. The van der Waals surface area contributed by atoms with Crippen molar-refractivity contribution in [1.29, 1.82) is 0 Å². The lowest BCUT2D eigenvalue weighted by Crippen LogP contribution is -2.28. The summed E-state index contributed by atoms with van der Waals surface area (Å²) in [5, 5.41) is 12.8. The van der Waals surface area contributed by atoms with E-state index in [4.69, 9.17) is 0 Å². The van der Waals surface area contributed by atoms with Crippen molar-refractivity contribution in [2.45, 2.75) is 26.9 Å². The molecule has 0 saturated carbocycles. The van der Waals surface area contributed by atoms with Crippen LogP contribution in [0, 0.1) is 5.92 Å². The number of aromatic nitrogens is 3. The molecule has 2 aromatic carbocycles. The third-order valence-electron chi connectivity index (χ3n) is 5.20. The molecule has 9 nitrogen and oxygen atoms in total. The van der Waals surface area contributed by atoms with Gasteiger partial charge in [0.15, 0.2) is 5.65 Å². The third-order valence-corrected chi connectivity index (χ3v) is 5.20. The maximum atomic E-state index is 12.5. The lowest BCUT2D eigenvalue weighted by atomic mass is 10.1. The van der Waals surface area contributed by atoms with Crippen molar-refractivity contribution in [3.8, 4) is 0 Å². The molecule has 0 aliphatic heterocycles. The van der Waals surface area contributed by atoms with Crippen LogP contribution in [0.25, 0.3) is 5.65 Å². The number of urea groups is 1. The molecule has 2 aromatic heterocycles. The minimum Gasteiger partial charge on any atom is -0.334 e. The van der Waals surface area contributed by atoms with Crippen LogP contribution in [-0.2, 0) is 17.9 Å². The number of carbonyl (C=O) groups excluding carboxylic acids is 2. The van der Waals surface area contributed by atoms with Gasteiger partial charge >= 0.3 is 11.7 Å². The van der Waals surface area contributed by atoms with E-state index in [1.807, 2.05) is 50.2 Å². The van der Waals surface area contributed by atoms with E-state index >= 15 is 0 Å². The van der Waals surface area contributed by atoms with Crippen molar-refractivity contribution in [2.75, 3.05) is 10.6 Å². The molecule has 0 fully saturated rings. The Morgan fingerprint density at radius 2 is 1.71 bits per heavy atom. The molecule has 0 aliphatic rings. The molecular weight excluding hydrogens is 432 g/mol. The van der Waals surface area contributed by atoms with Crippen LogP contribution in [0.15, 0.2) is 77.7 Å². The van der Waals surface area contributed by atoms with Crippen LogP contribution in [0.4, 0.5) is 16.2 Å². The first-order valence-corrected chi connectivity index (χ1v) is 11.0. The fourth-order valence-corrected chi connectivity index (χ4v) is 3.34. The summed E-state index contributed by atoms with van der Waals surface area (Å²) in [6, 6.07) is 19.6. The number of amides is 3. The summed E-state index contributed by atoms with van der Waals surface area (Å²) in [6.45, 7) is 4.29. The van der Waals surface area contributed by atoms with E-state index in [2.05, 4.69) is 21.0 Å². The fraction of sp³-hybridized carbons (Fsp3) is 0.200. The molecule has 0 aliphatic carbocycles. The summed E-state index contributed by atoms with van der Waals surface area (Å²) in [6.07, 6.45) is 1.68. The highest BCUT2D eigenvalue weighted by atomic mass is 16.2. The van der Waals surface area contributed by atoms with Crippen molar-refractivity contribution >= 4 is 29.0 Å². The van der Waals surface area contributed by atoms with Gasteiger partial charge in [-0.25, -0.2) is 14.3 Å². The summed E-state index contributed by atoms with van der Waals surface area (Å²) in [4.78, 5) is 36.6. The molecule has 0 radical (unpaired) electrons. The highest BCUT2D eigenvalue weighted by Gasteiger charge is 2.09. The quantitative estimate of drug-likeness (QED) is 0.394. The number of anilines is 2. The molecule has 0 bridgehead atoms. The number of hydrogen-bond acceptors (Lipinski definition) is 4. The van der Waals surface area contributed by atoms with Gasteiger partial charge in [-0.3, -0.25) is 9.20 Å². The molecule has 0 atom stereocenters. The summed E-state index contributed by atoms with van der Waals surface area (Å²) in [5.74, 6) is -0.137. The maximum absolute atomic E-state index is 12.5. The Bertz CT molecular complexity index is 1370. The average Bonchev–Trinajstić information content (AvgIpc) is 3.14. The molecule has 9 heteroatoms. The van der Waals surface area contributed by atoms with E-state index in [0.717, 1.165) is 11.1 Å². The molecule has 0 saturated heterocycles. The SMILES string of the molecule is CC(C)C(=O)Nc1ccc(CNC(=O)Nc2cccc(Cn3nc4ccccn4c3=O)c2)cc1. The van der Waals surface area contributed by atoms with Crippen molar-refractivity contribution in [3.63, 3.8) is 0 Å². The van der Waals surface area contributed by atoms with Gasteiger partial charge in [0.2, 0.25) is 5.91 Å². The van der Waals surface area contributed by atoms with Crippen LogP contribution < -0.4 is 21.6 Å². The Hall–Kier alpha value is -4.40. The van der Waals surface area contributed by atoms with E-state index in [9.17, 15) is 14.4 Å². The monoisotopic (exact) mass is 458 g/mol. The highest BCUT2D eigenvalue weighted by Crippen LogP contribution is 2.13. The number of rotatable bonds is 7. The smallest absolute Gasteiger partial charge is 0.334 e. The second kappa shape index (κ2) is 10.0. The Labute approximate surface area is 196 Å². The number of pyridine rings is 1. The van der Waals surface area contributed by atoms with Gasteiger partial charge in [0.25, 0.3) is 0 Å². The molecule has 0 spiro atoms. The first-order valence-electron chi connectivity index (χ1n) is 11.0. The number of carbonyl (C=O) groups is 2. The predicted molar refractivity (Wildman–Crippen MR) is 131 cm³/mol. The summed E-state index contributed by atoms with van der Waals surface area (Å²) < 4.78 is 2.88. The van der Waals surface area contributed by atoms with Gasteiger partial charge in [-0.15, -0.1) is 5.10 Å². The topological polar surface area (TPSA) is 110 Å². The van der Waals surface area contributed by atoms with Crippen LogP contribution in [0.5, 0.6) is 0 Å². The molecule has 3 amide bonds. The van der Waals surface area contributed by atoms with Crippen LogP contribution in [0.2, 0.25) is 0 Å². The molecule has 3 N–H and O–H groups in total. The van der Waals surface area contributed by atoms with Gasteiger partial charge in [0, 0.05) is 30.0 Å². The van der Waals surface area contributed by atoms with Crippen LogP contribution in [-0.4, -0.2) is 26.1 Å². The van der Waals surface area contributed by atoms with E-state index in [1.54, 1.807) is 36.5 Å². The van der Waals surface area contributed by atoms with E-state index in [0.29, 0.717) is 23.6 Å². The summed E-state index contributed by atoms with van der Waals surface area (Å²) in [5.41, 5.74) is 3.42. The van der Waals surface area contributed by atoms with Crippen LogP contribution in [0.1, 0.15) is 25.0 Å². The largest absolute Gasteiger partial charge is 0.350 e. The molecule has 34 heavy (non-hydrogen) atoms. The average molecular weight is 459 g/mol. The summed E-state index contributed by atoms with van der Waals surface area (Å²) in [7, 11) is 0. The normalized spacial score (nSPS) is 10.9. The minimum atomic E-state index is -0.348. The maximum Gasteiger partial charge on any atom is 0.350 e. The zero-order chi connectivity index (χ0) is 24.1. The number of fused-ring (bicyclic) bond motifs is 1. The van der Waals surface area contributed by atoms with Crippen molar-refractivity contribution in [2.24, 2.45) is 5.92 Å². The molecule has 4 aromatic rings. The van der Waals surface area contributed by atoms with Gasteiger partial charge in [0.1, 0.15) is 0 Å². The predicted octanol–water partition coefficient (Wildman–Crippen LogP) is 3.46. The lowest BCUT2D eigenvalue weighted by Gasteiger charge is -2.10. The van der Waals surface area contributed by atoms with Gasteiger partial charge in [-0.2, -0.15) is 0 Å². The Morgan fingerprint density at radius 1 is 0.912 bits per heavy atom. The lowest BCUT2D eigenvalue weighted by molar-refractivity contribution is -0.118. The molecule has 2 heterocycles. The van der Waals surface area contributed by atoms with Gasteiger partial charge in [-0.1, -0.05) is 44.2 Å². The molecule has 0 unspecified atom stereocenters. The van der Waals surface area contributed by atoms with Crippen molar-refractivity contribution < 1.29 is 9.59 Å². The van der Waals surface area contributed by atoms with E-state index in [-0.39, 0.29) is 30.1 Å². The Morgan fingerprint density at radius 3 is 2.44 bits per heavy atom. The summed E-state index contributed by atoms with van der Waals surface area (Å²) >= 11 is 0. The number of benzene rings is 2. The van der Waals surface area contributed by atoms with Crippen LogP contribution >= 0.6 is 0 Å². The Kier molecular flexibility index (Phi) is 6.72. The van der Waals surface area contributed by atoms with Gasteiger partial charge in [-0.05, 0) is 47.5 Å². The zero-order valence-corrected chi connectivity index (χ0v) is 19.0. The second-order valence-electron chi connectivity index (χ2n) is 8.22. The molecule has 4 rings (SSSR count). The number of nitrogens with one attached hydrogen (secondary N) is 3.